The molecule has 2 heterocycles. The second-order valence-corrected chi connectivity index (χ2v) is 8.87. The van der Waals surface area contributed by atoms with Crippen LogP contribution in [0, 0.1) is 0 Å². The lowest BCUT2D eigenvalue weighted by atomic mass is 10.1. The first kappa shape index (κ1) is 18.8. The van der Waals surface area contributed by atoms with Gasteiger partial charge in [-0.15, -0.1) is 11.3 Å². The molecule has 0 fully saturated rings. The van der Waals surface area contributed by atoms with Crippen molar-refractivity contribution in [1.29, 1.82) is 0 Å². The van der Waals surface area contributed by atoms with Gasteiger partial charge in [0.15, 0.2) is 0 Å². The van der Waals surface area contributed by atoms with Crippen LogP contribution in [0.3, 0.4) is 0 Å². The SMILES string of the molecule is CC(C)c1nc(CO)n(Cc2cccs2)c1Sc1cc(Cl)cc(Cl)c1. The average Bonchev–Trinajstić information content (AvgIpc) is 3.15. The first-order valence-electron chi connectivity index (χ1n) is 7.84. The number of benzene rings is 1. The summed E-state index contributed by atoms with van der Waals surface area (Å²) in [5, 5.41) is 14.1. The molecule has 0 amide bonds. The highest BCUT2D eigenvalue weighted by Crippen LogP contribution is 2.37. The summed E-state index contributed by atoms with van der Waals surface area (Å²) in [5.74, 6) is 0.916. The predicted octanol–water partition coefficient (Wildman–Crippen LogP) is 6.07. The molecule has 0 saturated carbocycles. The first-order chi connectivity index (χ1) is 12.0. The number of imidazole rings is 1. The van der Waals surface area contributed by atoms with E-state index in [9.17, 15) is 5.11 Å². The second kappa shape index (κ2) is 8.14. The summed E-state index contributed by atoms with van der Waals surface area (Å²) < 4.78 is 2.08. The summed E-state index contributed by atoms with van der Waals surface area (Å²) in [6.07, 6.45) is 0. The molecule has 0 saturated heterocycles. The Kier molecular flexibility index (Phi) is 6.12. The Morgan fingerprint density at radius 1 is 1.24 bits per heavy atom. The summed E-state index contributed by atoms with van der Waals surface area (Å²) in [6.45, 7) is 4.80. The molecule has 0 radical (unpaired) electrons. The van der Waals surface area contributed by atoms with E-state index in [1.54, 1.807) is 29.2 Å². The zero-order valence-electron chi connectivity index (χ0n) is 13.9. The van der Waals surface area contributed by atoms with Crippen LogP contribution < -0.4 is 0 Å². The van der Waals surface area contributed by atoms with Crippen LogP contribution in [0.15, 0.2) is 45.6 Å². The van der Waals surface area contributed by atoms with Gasteiger partial charge < -0.3 is 9.67 Å². The van der Waals surface area contributed by atoms with Gasteiger partial charge in [0.05, 0.1) is 12.2 Å². The summed E-state index contributed by atoms with van der Waals surface area (Å²) in [6, 6.07) is 9.62. The van der Waals surface area contributed by atoms with Gasteiger partial charge in [-0.2, -0.15) is 0 Å². The van der Waals surface area contributed by atoms with E-state index in [0.717, 1.165) is 15.6 Å². The monoisotopic (exact) mass is 412 g/mol. The molecule has 3 aromatic rings. The van der Waals surface area contributed by atoms with Crippen molar-refractivity contribution in [2.45, 2.75) is 42.8 Å². The fourth-order valence-electron chi connectivity index (χ4n) is 2.53. The van der Waals surface area contributed by atoms with E-state index in [4.69, 9.17) is 23.2 Å². The van der Waals surface area contributed by atoms with Crippen molar-refractivity contribution >= 4 is 46.3 Å². The minimum absolute atomic E-state index is 0.0953. The van der Waals surface area contributed by atoms with Crippen LogP contribution in [0.1, 0.15) is 36.2 Å². The highest BCUT2D eigenvalue weighted by atomic mass is 35.5. The number of rotatable bonds is 6. The molecule has 7 heteroatoms. The van der Waals surface area contributed by atoms with E-state index in [1.807, 2.05) is 18.2 Å². The number of aliphatic hydroxyl groups is 1. The van der Waals surface area contributed by atoms with E-state index in [2.05, 4.69) is 34.8 Å². The smallest absolute Gasteiger partial charge is 0.136 e. The zero-order valence-corrected chi connectivity index (χ0v) is 17.0. The molecule has 0 aliphatic heterocycles. The van der Waals surface area contributed by atoms with E-state index < -0.39 is 0 Å². The predicted molar refractivity (Wildman–Crippen MR) is 106 cm³/mol. The largest absolute Gasteiger partial charge is 0.388 e. The Morgan fingerprint density at radius 2 is 1.96 bits per heavy atom. The van der Waals surface area contributed by atoms with Crippen LogP contribution in [0.5, 0.6) is 0 Å². The first-order valence-corrected chi connectivity index (χ1v) is 10.3. The van der Waals surface area contributed by atoms with Crippen molar-refractivity contribution in [3.8, 4) is 0 Å². The molecule has 0 aliphatic rings. The number of aromatic nitrogens is 2. The van der Waals surface area contributed by atoms with Crippen molar-refractivity contribution in [1.82, 2.24) is 9.55 Å². The Balaban J connectivity index is 2.06. The molecule has 1 N–H and O–H groups in total. The molecular formula is C18H18Cl2N2OS2. The number of hydrogen-bond donors (Lipinski definition) is 1. The quantitative estimate of drug-likeness (QED) is 0.533. The van der Waals surface area contributed by atoms with Crippen LogP contribution in [-0.2, 0) is 13.2 Å². The summed E-state index contributed by atoms with van der Waals surface area (Å²) in [4.78, 5) is 6.85. The van der Waals surface area contributed by atoms with Crippen LogP contribution in [0.25, 0.3) is 0 Å². The standard InChI is InChI=1S/C18H18Cl2N2OS2/c1-11(2)17-18(25-15-7-12(19)6-13(20)8-15)22(16(10-23)21-17)9-14-4-3-5-24-14/h3-8,11,23H,9-10H2,1-2H3. The lowest BCUT2D eigenvalue weighted by Gasteiger charge is -2.12. The molecule has 25 heavy (non-hydrogen) atoms. The molecular weight excluding hydrogens is 395 g/mol. The van der Waals surface area contributed by atoms with Gasteiger partial charge in [0, 0.05) is 19.8 Å². The third kappa shape index (κ3) is 4.41. The van der Waals surface area contributed by atoms with E-state index in [-0.39, 0.29) is 12.5 Å². The average molecular weight is 413 g/mol. The van der Waals surface area contributed by atoms with E-state index in [0.29, 0.717) is 22.4 Å². The minimum atomic E-state index is -0.0953. The van der Waals surface area contributed by atoms with Crippen molar-refractivity contribution in [2.75, 3.05) is 0 Å². The molecule has 1 aromatic carbocycles. The normalized spacial score (nSPS) is 11.4. The Labute approximate surface area is 165 Å². The van der Waals surface area contributed by atoms with Gasteiger partial charge in [-0.1, -0.05) is 54.9 Å². The molecule has 0 atom stereocenters. The van der Waals surface area contributed by atoms with Crippen molar-refractivity contribution in [3.63, 3.8) is 0 Å². The minimum Gasteiger partial charge on any atom is -0.388 e. The van der Waals surface area contributed by atoms with E-state index in [1.165, 1.54) is 4.88 Å². The molecule has 0 bridgehead atoms. The number of halogens is 2. The van der Waals surface area contributed by atoms with Gasteiger partial charge in [0.2, 0.25) is 0 Å². The molecule has 132 valence electrons. The van der Waals surface area contributed by atoms with Gasteiger partial charge >= 0.3 is 0 Å². The Hall–Kier alpha value is -0.980. The van der Waals surface area contributed by atoms with Gasteiger partial charge in [0.1, 0.15) is 17.5 Å². The van der Waals surface area contributed by atoms with Crippen molar-refractivity contribution < 1.29 is 5.11 Å². The van der Waals surface area contributed by atoms with Crippen LogP contribution in [0.2, 0.25) is 10.0 Å². The maximum atomic E-state index is 9.79. The van der Waals surface area contributed by atoms with Crippen LogP contribution in [0.4, 0.5) is 0 Å². The molecule has 0 unspecified atom stereocenters. The fraction of sp³-hybridized carbons (Fsp3) is 0.278. The topological polar surface area (TPSA) is 38.1 Å². The maximum absolute atomic E-state index is 9.79. The van der Waals surface area contributed by atoms with Gasteiger partial charge in [-0.25, -0.2) is 4.98 Å². The van der Waals surface area contributed by atoms with E-state index >= 15 is 0 Å². The Morgan fingerprint density at radius 3 is 2.52 bits per heavy atom. The van der Waals surface area contributed by atoms with Gasteiger partial charge in [-0.3, -0.25) is 0 Å². The summed E-state index contributed by atoms with van der Waals surface area (Å²) >= 11 is 15.6. The van der Waals surface area contributed by atoms with Crippen molar-refractivity contribution in [3.05, 3.63) is 62.2 Å². The highest BCUT2D eigenvalue weighted by Gasteiger charge is 2.20. The van der Waals surface area contributed by atoms with Crippen molar-refractivity contribution in [2.24, 2.45) is 0 Å². The number of nitrogens with zero attached hydrogens (tertiary/aromatic N) is 2. The van der Waals surface area contributed by atoms with Crippen LogP contribution >= 0.6 is 46.3 Å². The molecule has 0 aliphatic carbocycles. The highest BCUT2D eigenvalue weighted by molar-refractivity contribution is 7.99. The number of hydrogen-bond acceptors (Lipinski definition) is 4. The maximum Gasteiger partial charge on any atom is 0.136 e. The third-order valence-electron chi connectivity index (χ3n) is 3.66. The number of aliphatic hydroxyl groups excluding tert-OH is 1. The molecule has 2 aromatic heterocycles. The second-order valence-electron chi connectivity index (χ2n) is 5.90. The van der Waals surface area contributed by atoms with Gasteiger partial charge in [0.25, 0.3) is 0 Å². The fourth-order valence-corrected chi connectivity index (χ4v) is 5.14. The molecule has 0 spiro atoms. The third-order valence-corrected chi connectivity index (χ3v) is 6.05. The summed E-state index contributed by atoms with van der Waals surface area (Å²) in [5.41, 5.74) is 0.974. The summed E-state index contributed by atoms with van der Waals surface area (Å²) in [7, 11) is 0. The number of thiophene rings is 1. The van der Waals surface area contributed by atoms with Crippen LogP contribution in [-0.4, -0.2) is 14.7 Å². The lowest BCUT2D eigenvalue weighted by molar-refractivity contribution is 0.265. The molecule has 3 nitrogen and oxygen atoms in total. The lowest BCUT2D eigenvalue weighted by Crippen LogP contribution is -2.05. The van der Waals surface area contributed by atoms with Gasteiger partial charge in [-0.05, 0) is 35.6 Å². The molecule has 3 rings (SSSR count). The Bertz CT molecular complexity index is 840. The zero-order chi connectivity index (χ0) is 18.0.